The van der Waals surface area contributed by atoms with E-state index in [0.717, 1.165) is 0 Å². The van der Waals surface area contributed by atoms with Gasteiger partial charge in [-0.2, -0.15) is 5.10 Å². The number of hydrogen-bond donors (Lipinski definition) is 2. The highest BCUT2D eigenvalue weighted by Gasteiger charge is 2.13. The molecule has 2 N–H and O–H groups in total. The summed E-state index contributed by atoms with van der Waals surface area (Å²) >= 11 is 11.1. The van der Waals surface area contributed by atoms with Crippen LogP contribution in [0.15, 0.2) is 17.2 Å². The summed E-state index contributed by atoms with van der Waals surface area (Å²) in [5.41, 5.74) is 3.34. The van der Waals surface area contributed by atoms with Crippen molar-refractivity contribution in [3.05, 3.63) is 22.7 Å². The summed E-state index contributed by atoms with van der Waals surface area (Å²) in [7, 11) is 2.74. The van der Waals surface area contributed by atoms with Crippen molar-refractivity contribution >= 4 is 41.1 Å². The van der Waals surface area contributed by atoms with Crippen molar-refractivity contribution in [1.82, 2.24) is 10.7 Å². The predicted molar refractivity (Wildman–Crippen MR) is 92.5 cm³/mol. The highest BCUT2D eigenvalue weighted by Crippen LogP contribution is 2.36. The van der Waals surface area contributed by atoms with E-state index in [1.54, 1.807) is 12.1 Å². The number of methoxy groups -OCH3 is 2. The van der Waals surface area contributed by atoms with Gasteiger partial charge in [0.25, 0.3) is 0 Å². The molecule has 0 spiro atoms. The minimum absolute atomic E-state index is 0.257. The predicted octanol–water partition coefficient (Wildman–Crippen LogP) is 1.72. The molecule has 126 valence electrons. The molecule has 1 aromatic rings. The van der Waals surface area contributed by atoms with Crippen LogP contribution in [0.2, 0.25) is 5.02 Å². The number of hydrazone groups is 1. The zero-order chi connectivity index (χ0) is 17.2. The summed E-state index contributed by atoms with van der Waals surface area (Å²) in [6.07, 6.45) is 1.53. The first-order chi connectivity index (χ1) is 11.0. The fourth-order valence-corrected chi connectivity index (χ4v) is 1.98. The summed E-state index contributed by atoms with van der Waals surface area (Å²) in [4.78, 5) is 11.1. The maximum Gasteiger partial charge on any atom is 0.343 e. The molecule has 0 saturated carbocycles. The van der Waals surface area contributed by atoms with E-state index >= 15 is 0 Å². The Hall–Kier alpha value is -2.06. The largest absolute Gasteiger partial charge is 0.493 e. The number of esters is 1. The molecule has 0 radical (unpaired) electrons. The van der Waals surface area contributed by atoms with Crippen LogP contribution >= 0.6 is 23.8 Å². The average molecular weight is 360 g/mol. The quantitative estimate of drug-likeness (QED) is 0.332. The van der Waals surface area contributed by atoms with Crippen LogP contribution in [0.4, 0.5) is 0 Å². The highest BCUT2D eigenvalue weighted by atomic mass is 35.5. The lowest BCUT2D eigenvalue weighted by molar-refractivity contribution is -0.142. The lowest BCUT2D eigenvalue weighted by Crippen LogP contribution is -2.31. The zero-order valence-electron chi connectivity index (χ0n) is 13.0. The van der Waals surface area contributed by atoms with Crippen molar-refractivity contribution in [2.24, 2.45) is 5.10 Å². The molecule has 0 atom stereocenters. The Morgan fingerprint density at radius 1 is 1.43 bits per heavy atom. The Kier molecular flexibility index (Phi) is 8.14. The lowest BCUT2D eigenvalue weighted by Gasteiger charge is -2.12. The van der Waals surface area contributed by atoms with E-state index in [0.29, 0.717) is 23.0 Å². The van der Waals surface area contributed by atoms with E-state index in [1.165, 1.54) is 20.4 Å². The molecule has 0 saturated heterocycles. The Balaban J connectivity index is 2.84. The summed E-state index contributed by atoms with van der Waals surface area (Å²) in [5, 5.41) is 7.58. The molecule has 0 aliphatic heterocycles. The summed E-state index contributed by atoms with van der Waals surface area (Å²) in [6, 6.07) is 3.29. The number of carbonyl (C=O) groups is 1. The fraction of sp³-hybridized carbons (Fsp3) is 0.357. The van der Waals surface area contributed by atoms with Gasteiger partial charge in [-0.15, -0.1) is 0 Å². The van der Waals surface area contributed by atoms with Crippen molar-refractivity contribution in [3.8, 4) is 11.5 Å². The first-order valence-electron chi connectivity index (χ1n) is 6.65. The number of ether oxygens (including phenoxy) is 3. The van der Waals surface area contributed by atoms with Crippen LogP contribution in [-0.2, 0) is 9.53 Å². The first-order valence-corrected chi connectivity index (χ1v) is 7.44. The monoisotopic (exact) mass is 359 g/mol. The van der Waals surface area contributed by atoms with Gasteiger partial charge >= 0.3 is 5.97 Å². The van der Waals surface area contributed by atoms with Crippen LogP contribution in [-0.4, -0.2) is 44.7 Å². The molecule has 23 heavy (non-hydrogen) atoms. The number of nitrogens with zero attached hydrogens (tertiary/aromatic N) is 1. The van der Waals surface area contributed by atoms with E-state index in [9.17, 15) is 4.79 Å². The van der Waals surface area contributed by atoms with Crippen LogP contribution in [0.1, 0.15) is 12.5 Å². The lowest BCUT2D eigenvalue weighted by atomic mass is 10.2. The molecular weight excluding hydrogens is 342 g/mol. The van der Waals surface area contributed by atoms with Gasteiger partial charge in [0.15, 0.2) is 23.2 Å². The second-order valence-electron chi connectivity index (χ2n) is 4.13. The molecule has 0 aromatic heterocycles. The molecule has 0 unspecified atom stereocenters. The minimum atomic E-state index is -0.519. The normalized spacial score (nSPS) is 10.3. The van der Waals surface area contributed by atoms with Crippen LogP contribution in [0.5, 0.6) is 11.5 Å². The van der Waals surface area contributed by atoms with Crippen LogP contribution in [0.3, 0.4) is 0 Å². The molecule has 0 aliphatic rings. The fourth-order valence-electron chi connectivity index (χ4n) is 1.51. The SMILES string of the molecule is CCNC(=S)NN=Cc1cc(Cl)c(OCC(=O)OC)c(OC)c1. The molecular formula is C14H18ClN3O4S. The van der Waals surface area contributed by atoms with Crippen LogP contribution in [0.25, 0.3) is 0 Å². The second kappa shape index (κ2) is 9.86. The van der Waals surface area contributed by atoms with Gasteiger partial charge in [0.1, 0.15) is 0 Å². The van der Waals surface area contributed by atoms with Crippen molar-refractivity contribution in [2.75, 3.05) is 27.4 Å². The zero-order valence-corrected chi connectivity index (χ0v) is 14.6. The smallest absolute Gasteiger partial charge is 0.343 e. The van der Waals surface area contributed by atoms with E-state index in [-0.39, 0.29) is 17.4 Å². The van der Waals surface area contributed by atoms with Gasteiger partial charge in [0.2, 0.25) is 0 Å². The van der Waals surface area contributed by atoms with Gasteiger partial charge < -0.3 is 19.5 Å². The number of halogens is 1. The van der Waals surface area contributed by atoms with E-state index < -0.39 is 5.97 Å². The number of carbonyl (C=O) groups excluding carboxylic acids is 1. The molecule has 0 fully saturated rings. The molecule has 0 amide bonds. The summed E-state index contributed by atoms with van der Waals surface area (Å²) in [6.45, 7) is 2.36. The highest BCUT2D eigenvalue weighted by molar-refractivity contribution is 7.80. The Bertz CT molecular complexity index is 596. The maximum absolute atomic E-state index is 11.1. The molecule has 7 nitrogen and oxygen atoms in total. The molecule has 0 heterocycles. The minimum Gasteiger partial charge on any atom is -0.493 e. The van der Waals surface area contributed by atoms with Gasteiger partial charge in [-0.25, -0.2) is 4.79 Å². The third kappa shape index (κ3) is 6.29. The second-order valence-corrected chi connectivity index (χ2v) is 4.94. The van der Waals surface area contributed by atoms with E-state index in [2.05, 4.69) is 20.6 Å². The van der Waals surface area contributed by atoms with Crippen molar-refractivity contribution in [1.29, 1.82) is 0 Å². The van der Waals surface area contributed by atoms with Crippen LogP contribution < -0.4 is 20.2 Å². The number of rotatable bonds is 7. The van der Waals surface area contributed by atoms with E-state index in [4.69, 9.17) is 33.3 Å². The Morgan fingerprint density at radius 2 is 2.17 bits per heavy atom. The van der Waals surface area contributed by atoms with Gasteiger partial charge in [-0.3, -0.25) is 5.43 Å². The van der Waals surface area contributed by atoms with Crippen molar-refractivity contribution in [3.63, 3.8) is 0 Å². The van der Waals surface area contributed by atoms with Crippen LogP contribution in [0, 0.1) is 0 Å². The van der Waals surface area contributed by atoms with Crippen molar-refractivity contribution < 1.29 is 19.0 Å². The number of nitrogens with one attached hydrogen (secondary N) is 2. The third-order valence-corrected chi connectivity index (χ3v) is 3.05. The molecule has 0 bridgehead atoms. The number of hydrogen-bond acceptors (Lipinski definition) is 6. The topological polar surface area (TPSA) is 81.2 Å². The van der Waals surface area contributed by atoms with Gasteiger partial charge in [0, 0.05) is 6.54 Å². The number of thiocarbonyl (C=S) groups is 1. The van der Waals surface area contributed by atoms with Gasteiger partial charge in [-0.1, -0.05) is 11.6 Å². The van der Waals surface area contributed by atoms with Crippen molar-refractivity contribution in [2.45, 2.75) is 6.92 Å². The van der Waals surface area contributed by atoms with E-state index in [1.807, 2.05) is 6.92 Å². The third-order valence-electron chi connectivity index (χ3n) is 2.53. The van der Waals surface area contributed by atoms with Gasteiger partial charge in [-0.05, 0) is 36.8 Å². The Morgan fingerprint density at radius 3 is 2.78 bits per heavy atom. The Labute approximate surface area is 144 Å². The number of benzene rings is 1. The maximum atomic E-state index is 11.1. The average Bonchev–Trinajstić information content (AvgIpc) is 2.53. The molecule has 0 aliphatic carbocycles. The molecule has 1 rings (SSSR count). The first kappa shape index (κ1) is 19.0. The van der Waals surface area contributed by atoms with Gasteiger partial charge in [0.05, 0.1) is 25.5 Å². The standard InChI is InChI=1S/C14H18ClN3O4S/c1-4-16-14(23)18-17-7-9-5-10(15)13(11(6-9)20-2)22-8-12(19)21-3/h5-7H,4,8H2,1-3H3,(H2,16,18,23). The summed E-state index contributed by atoms with van der Waals surface area (Å²) < 4.78 is 15.0. The molecule has 9 heteroatoms. The molecule has 1 aromatic carbocycles. The summed E-state index contributed by atoms with van der Waals surface area (Å²) in [5.74, 6) is 0.111.